The zero-order valence-corrected chi connectivity index (χ0v) is 29.4. The van der Waals surface area contributed by atoms with Crippen molar-refractivity contribution in [1.82, 2.24) is 20.4 Å². The summed E-state index contributed by atoms with van der Waals surface area (Å²) in [4.78, 5) is 45.0. The summed E-state index contributed by atoms with van der Waals surface area (Å²) in [6, 6.07) is 7.78. The lowest BCUT2D eigenvalue weighted by Gasteiger charge is -2.33. The summed E-state index contributed by atoms with van der Waals surface area (Å²) in [5.41, 5.74) is 0.908. The molecular weight excluding hydrogens is 608 g/mol. The normalized spacial score (nSPS) is 19.3. The van der Waals surface area contributed by atoms with Gasteiger partial charge in [-0.15, -0.1) is 12.3 Å². The zero-order valence-electron chi connectivity index (χ0n) is 29.4. The number of carbonyl (C=O) groups is 3. The number of terminal acetylenes is 1. The molecule has 3 rings (SSSR count). The number of likely N-dealkylation sites (N-methyl/N-ethyl adjacent to an activating group) is 1. The molecule has 1 aromatic carbocycles. The molecule has 0 bridgehead atoms. The maximum atomic E-state index is 13.9. The smallest absolute Gasteiger partial charge is 0.243 e. The van der Waals surface area contributed by atoms with Crippen molar-refractivity contribution in [2.45, 2.75) is 109 Å². The topological polar surface area (TPSA) is 131 Å². The Morgan fingerprint density at radius 1 is 1.02 bits per heavy atom. The molecule has 10 nitrogen and oxygen atoms in total. The second-order valence-corrected chi connectivity index (χ2v) is 14.2. The molecule has 268 valence electrons. The third-order valence-corrected chi connectivity index (χ3v) is 9.72. The van der Waals surface area contributed by atoms with Crippen LogP contribution < -0.4 is 10.6 Å². The van der Waals surface area contributed by atoms with Crippen LogP contribution in [-0.2, 0) is 25.5 Å². The molecular formula is C38H60N4O6. The molecule has 2 aliphatic rings. The van der Waals surface area contributed by atoms with E-state index in [1.54, 1.807) is 11.9 Å². The first-order valence-electron chi connectivity index (χ1n) is 18.1. The molecule has 2 unspecified atom stereocenters. The van der Waals surface area contributed by atoms with Gasteiger partial charge >= 0.3 is 0 Å². The monoisotopic (exact) mass is 668 g/mol. The number of benzene rings is 1. The van der Waals surface area contributed by atoms with Crippen molar-refractivity contribution in [3.05, 3.63) is 35.9 Å². The summed E-state index contributed by atoms with van der Waals surface area (Å²) in [5, 5.41) is 27.8. The third kappa shape index (κ3) is 13.9. The maximum absolute atomic E-state index is 13.9. The summed E-state index contributed by atoms with van der Waals surface area (Å²) in [5.74, 6) is 1.21. The van der Waals surface area contributed by atoms with Crippen LogP contribution in [0.2, 0.25) is 0 Å². The Hall–Kier alpha value is -2.97. The molecule has 4 N–H and O–H groups in total. The van der Waals surface area contributed by atoms with Gasteiger partial charge in [0, 0.05) is 52.7 Å². The van der Waals surface area contributed by atoms with E-state index in [-0.39, 0.29) is 24.7 Å². The van der Waals surface area contributed by atoms with Crippen LogP contribution in [0.5, 0.6) is 0 Å². The number of ether oxygens (including phenoxy) is 1. The van der Waals surface area contributed by atoms with Crippen molar-refractivity contribution in [3.8, 4) is 12.3 Å². The van der Waals surface area contributed by atoms with Gasteiger partial charge in [-0.1, -0.05) is 76.3 Å². The molecule has 0 spiro atoms. The Morgan fingerprint density at radius 2 is 1.75 bits per heavy atom. The van der Waals surface area contributed by atoms with E-state index in [0.717, 1.165) is 63.9 Å². The highest BCUT2D eigenvalue weighted by atomic mass is 16.5. The molecule has 5 atom stereocenters. The van der Waals surface area contributed by atoms with Crippen molar-refractivity contribution in [2.75, 3.05) is 46.4 Å². The number of carbonyl (C=O) groups excluding carboxylic acids is 3. The van der Waals surface area contributed by atoms with E-state index >= 15 is 0 Å². The van der Waals surface area contributed by atoms with E-state index in [9.17, 15) is 24.6 Å². The second kappa shape index (κ2) is 21.2. The highest BCUT2D eigenvalue weighted by Gasteiger charge is 2.34. The molecule has 1 heterocycles. The van der Waals surface area contributed by atoms with Crippen LogP contribution in [0.4, 0.5) is 0 Å². The van der Waals surface area contributed by atoms with Gasteiger partial charge in [0.25, 0.3) is 0 Å². The first kappa shape index (κ1) is 39.5. The Kier molecular flexibility index (Phi) is 17.4. The lowest BCUT2D eigenvalue weighted by atomic mass is 9.82. The van der Waals surface area contributed by atoms with Crippen LogP contribution in [0.3, 0.4) is 0 Å². The quantitative estimate of drug-likeness (QED) is 0.177. The first-order chi connectivity index (χ1) is 23.1. The van der Waals surface area contributed by atoms with Crippen LogP contribution in [0.25, 0.3) is 0 Å². The van der Waals surface area contributed by atoms with E-state index < -0.39 is 42.0 Å². The molecule has 0 radical (unpaired) electrons. The average molecular weight is 669 g/mol. The standard InChI is InChI=1S/C38H60N4O6/c1-5-13-32(38(47)40-33(26-30-16-10-7-11-17-30)36(45)34(43)24-28(2)3)39-37(46)31(25-29-14-8-6-9-15-29)27-35(44)41(4)19-20-42-18-12-22-48-23-21-42/h1,6,8-9,14-15,28,30-34,36,43,45H,7,10-13,16-27H2,2-4H3,(H,39,46)(H,40,47)/t31-,32+,33?,34+,36?/m1/s1. The minimum atomic E-state index is -1.15. The number of hydrogen-bond acceptors (Lipinski definition) is 7. The molecule has 2 fully saturated rings. The van der Waals surface area contributed by atoms with Gasteiger partial charge in [0.15, 0.2) is 0 Å². The van der Waals surface area contributed by atoms with E-state index in [0.29, 0.717) is 38.3 Å². The van der Waals surface area contributed by atoms with Crippen LogP contribution in [0.1, 0.15) is 83.6 Å². The molecule has 10 heteroatoms. The van der Waals surface area contributed by atoms with Crippen LogP contribution in [0, 0.1) is 30.1 Å². The highest BCUT2D eigenvalue weighted by Crippen LogP contribution is 2.29. The van der Waals surface area contributed by atoms with Gasteiger partial charge in [0.05, 0.1) is 24.7 Å². The fraction of sp³-hybridized carbons (Fsp3) is 0.711. The number of amides is 3. The largest absolute Gasteiger partial charge is 0.390 e. The fourth-order valence-electron chi connectivity index (χ4n) is 6.82. The average Bonchev–Trinajstić information content (AvgIpc) is 3.35. The van der Waals surface area contributed by atoms with Crippen molar-refractivity contribution < 1.29 is 29.3 Å². The first-order valence-corrected chi connectivity index (χ1v) is 18.1. The minimum Gasteiger partial charge on any atom is -0.390 e. The minimum absolute atomic E-state index is 0.0187. The summed E-state index contributed by atoms with van der Waals surface area (Å²) >= 11 is 0. The van der Waals surface area contributed by atoms with E-state index in [1.807, 2.05) is 44.2 Å². The third-order valence-electron chi connectivity index (χ3n) is 9.72. The van der Waals surface area contributed by atoms with Gasteiger partial charge in [-0.25, -0.2) is 0 Å². The molecule has 48 heavy (non-hydrogen) atoms. The molecule has 1 aliphatic carbocycles. The molecule has 1 aromatic rings. The second-order valence-electron chi connectivity index (χ2n) is 14.2. The number of aliphatic hydroxyl groups excluding tert-OH is 2. The Morgan fingerprint density at radius 3 is 2.44 bits per heavy atom. The number of hydrogen-bond donors (Lipinski definition) is 4. The van der Waals surface area contributed by atoms with Gasteiger partial charge in [-0.2, -0.15) is 0 Å². The van der Waals surface area contributed by atoms with Crippen molar-refractivity contribution in [1.29, 1.82) is 0 Å². The molecule has 1 aliphatic heterocycles. The van der Waals surface area contributed by atoms with Gasteiger partial charge < -0.3 is 30.5 Å². The van der Waals surface area contributed by atoms with Crippen molar-refractivity contribution in [2.24, 2.45) is 17.8 Å². The summed E-state index contributed by atoms with van der Waals surface area (Å²) in [6.45, 7) is 8.40. The lowest BCUT2D eigenvalue weighted by Crippen LogP contribution is -2.56. The van der Waals surface area contributed by atoms with E-state index in [2.05, 4.69) is 21.5 Å². The SMILES string of the molecule is C#CC[C@H](NC(=O)[C@@H](CC(=O)N(C)CCN1CCCOCC1)Cc1ccccc1)C(=O)NC(CC1CCCCC1)C(O)[C@@H](O)CC(C)C. The summed E-state index contributed by atoms with van der Waals surface area (Å²) < 4.78 is 5.54. The van der Waals surface area contributed by atoms with E-state index in [1.165, 1.54) is 6.42 Å². The van der Waals surface area contributed by atoms with Crippen molar-refractivity contribution >= 4 is 17.7 Å². The van der Waals surface area contributed by atoms with Gasteiger partial charge in [-0.05, 0) is 43.1 Å². The number of nitrogens with one attached hydrogen (secondary N) is 2. The number of aliphatic hydroxyl groups is 2. The Bertz CT molecular complexity index is 1140. The number of rotatable bonds is 18. The van der Waals surface area contributed by atoms with Gasteiger partial charge in [0.1, 0.15) is 12.1 Å². The molecule has 1 saturated heterocycles. The number of nitrogens with zero attached hydrogens (tertiary/aromatic N) is 2. The van der Waals surface area contributed by atoms with E-state index in [4.69, 9.17) is 11.2 Å². The Labute approximate surface area is 288 Å². The zero-order chi connectivity index (χ0) is 34.9. The molecule has 1 saturated carbocycles. The predicted octanol–water partition coefficient (Wildman–Crippen LogP) is 3.15. The van der Waals surface area contributed by atoms with Crippen LogP contribution >= 0.6 is 0 Å². The van der Waals surface area contributed by atoms with Gasteiger partial charge in [0.2, 0.25) is 17.7 Å². The Balaban J connectivity index is 1.71. The molecule has 3 amide bonds. The summed E-state index contributed by atoms with van der Waals surface area (Å²) in [7, 11) is 1.76. The predicted molar refractivity (Wildman–Crippen MR) is 188 cm³/mol. The van der Waals surface area contributed by atoms with Gasteiger partial charge in [-0.3, -0.25) is 19.3 Å². The highest BCUT2D eigenvalue weighted by molar-refractivity contribution is 5.91. The summed E-state index contributed by atoms with van der Waals surface area (Å²) in [6.07, 6.45) is 11.1. The van der Waals surface area contributed by atoms with Crippen LogP contribution in [0.15, 0.2) is 30.3 Å². The van der Waals surface area contributed by atoms with Crippen LogP contribution in [-0.4, -0.2) is 108 Å². The maximum Gasteiger partial charge on any atom is 0.243 e. The molecule has 0 aromatic heterocycles. The van der Waals surface area contributed by atoms with Crippen molar-refractivity contribution in [3.63, 3.8) is 0 Å². The fourth-order valence-corrected chi connectivity index (χ4v) is 6.82. The lowest BCUT2D eigenvalue weighted by molar-refractivity contribution is -0.137.